The van der Waals surface area contributed by atoms with Gasteiger partial charge in [0.2, 0.25) is 5.91 Å². The topological polar surface area (TPSA) is 86.1 Å². The molecule has 26 heavy (non-hydrogen) atoms. The maximum absolute atomic E-state index is 12.2. The van der Waals surface area contributed by atoms with Crippen molar-refractivity contribution >= 4 is 11.6 Å². The minimum Gasteiger partial charge on any atom is -0.497 e. The first-order valence-corrected chi connectivity index (χ1v) is 8.00. The van der Waals surface area contributed by atoms with Crippen molar-refractivity contribution in [2.45, 2.75) is 13.5 Å². The molecule has 132 valence electrons. The number of nitrogens with zero attached hydrogens (tertiary/aromatic N) is 3. The number of benzene rings is 2. The maximum atomic E-state index is 12.2. The molecule has 0 spiro atoms. The highest BCUT2D eigenvalue weighted by Crippen LogP contribution is 2.20. The van der Waals surface area contributed by atoms with Gasteiger partial charge < -0.3 is 10.1 Å². The third-order valence-electron chi connectivity index (χ3n) is 3.75. The molecule has 0 atom stereocenters. The molecule has 0 unspecified atom stereocenters. The molecule has 3 aromatic rings. The first-order chi connectivity index (χ1) is 12.5. The lowest BCUT2D eigenvalue weighted by molar-refractivity contribution is -0.117. The zero-order chi connectivity index (χ0) is 18.5. The quantitative estimate of drug-likeness (QED) is 0.763. The standard InChI is InChI=1S/C19H18N4O3/c1-13-6-8-15(9-7-13)21-18(24)12-23-19(25)22-17(11-20-23)14-4-3-5-16(10-14)26-2/h3-11H,12H2,1-2H3,(H,21,24). The van der Waals surface area contributed by atoms with Crippen LogP contribution in [0.25, 0.3) is 11.3 Å². The van der Waals surface area contributed by atoms with Crippen molar-refractivity contribution in [3.63, 3.8) is 0 Å². The third kappa shape index (κ3) is 4.13. The third-order valence-corrected chi connectivity index (χ3v) is 3.75. The van der Waals surface area contributed by atoms with E-state index in [9.17, 15) is 9.59 Å². The van der Waals surface area contributed by atoms with Crippen molar-refractivity contribution in [1.29, 1.82) is 0 Å². The van der Waals surface area contributed by atoms with Gasteiger partial charge in [-0.15, -0.1) is 0 Å². The van der Waals surface area contributed by atoms with Gasteiger partial charge in [-0.05, 0) is 31.2 Å². The van der Waals surface area contributed by atoms with Gasteiger partial charge in [-0.3, -0.25) is 4.79 Å². The van der Waals surface area contributed by atoms with Crippen LogP contribution in [0.2, 0.25) is 0 Å². The molecule has 7 heteroatoms. The Bertz CT molecular complexity index is 981. The van der Waals surface area contributed by atoms with Crippen molar-refractivity contribution in [2.24, 2.45) is 0 Å². The number of methoxy groups -OCH3 is 1. The van der Waals surface area contributed by atoms with E-state index in [0.717, 1.165) is 10.2 Å². The predicted molar refractivity (Wildman–Crippen MR) is 98.1 cm³/mol. The van der Waals surface area contributed by atoms with Gasteiger partial charge >= 0.3 is 5.69 Å². The summed E-state index contributed by atoms with van der Waals surface area (Å²) >= 11 is 0. The number of hydrogen-bond donors (Lipinski definition) is 1. The number of anilines is 1. The molecule has 0 saturated carbocycles. The second-order valence-corrected chi connectivity index (χ2v) is 5.73. The smallest absolute Gasteiger partial charge is 0.365 e. The lowest BCUT2D eigenvalue weighted by Gasteiger charge is -2.08. The highest BCUT2D eigenvalue weighted by Gasteiger charge is 2.09. The molecule has 0 saturated heterocycles. The van der Waals surface area contributed by atoms with Crippen LogP contribution in [0.5, 0.6) is 5.75 Å². The molecule has 0 aliphatic carbocycles. The molecule has 2 aromatic carbocycles. The highest BCUT2D eigenvalue weighted by molar-refractivity contribution is 5.90. The summed E-state index contributed by atoms with van der Waals surface area (Å²) in [5.41, 5.74) is 2.30. The molecule has 1 N–H and O–H groups in total. The molecule has 1 heterocycles. The van der Waals surface area contributed by atoms with Crippen molar-refractivity contribution in [3.05, 3.63) is 70.8 Å². The van der Waals surface area contributed by atoms with Crippen LogP contribution in [-0.4, -0.2) is 27.8 Å². The van der Waals surface area contributed by atoms with Gasteiger partial charge in [-0.1, -0.05) is 29.8 Å². The molecule has 0 aliphatic heterocycles. The van der Waals surface area contributed by atoms with Crippen LogP contribution in [0.4, 0.5) is 5.69 Å². The normalized spacial score (nSPS) is 10.4. The van der Waals surface area contributed by atoms with E-state index in [0.29, 0.717) is 22.7 Å². The van der Waals surface area contributed by atoms with Crippen LogP contribution >= 0.6 is 0 Å². The van der Waals surface area contributed by atoms with E-state index < -0.39 is 5.69 Å². The Balaban J connectivity index is 1.74. The number of rotatable bonds is 5. The summed E-state index contributed by atoms with van der Waals surface area (Å²) < 4.78 is 6.18. The van der Waals surface area contributed by atoms with E-state index in [4.69, 9.17) is 4.74 Å². The van der Waals surface area contributed by atoms with E-state index in [1.54, 1.807) is 43.5 Å². The summed E-state index contributed by atoms with van der Waals surface area (Å²) in [5, 5.41) is 6.77. The van der Waals surface area contributed by atoms with E-state index in [1.807, 2.05) is 19.1 Å². The number of hydrogen-bond acceptors (Lipinski definition) is 5. The Morgan fingerprint density at radius 3 is 2.65 bits per heavy atom. The number of aromatic nitrogens is 3. The molecular formula is C19H18N4O3. The lowest BCUT2D eigenvalue weighted by atomic mass is 10.1. The van der Waals surface area contributed by atoms with Crippen LogP contribution < -0.4 is 15.7 Å². The highest BCUT2D eigenvalue weighted by atomic mass is 16.5. The Morgan fingerprint density at radius 2 is 1.96 bits per heavy atom. The summed E-state index contributed by atoms with van der Waals surface area (Å²) in [6, 6.07) is 14.6. The Labute approximate surface area is 150 Å². The van der Waals surface area contributed by atoms with Crippen LogP contribution in [0.1, 0.15) is 5.56 Å². The molecule has 0 fully saturated rings. The van der Waals surface area contributed by atoms with Gasteiger partial charge in [-0.2, -0.15) is 10.1 Å². The minimum absolute atomic E-state index is 0.210. The average Bonchev–Trinajstić information content (AvgIpc) is 2.65. The number of amides is 1. The Hall–Kier alpha value is -3.48. The molecule has 1 amide bonds. The van der Waals surface area contributed by atoms with Crippen LogP contribution in [0, 0.1) is 6.92 Å². The summed E-state index contributed by atoms with van der Waals surface area (Å²) in [7, 11) is 1.56. The van der Waals surface area contributed by atoms with Gasteiger partial charge in [0.25, 0.3) is 0 Å². The number of aryl methyl sites for hydroxylation is 1. The predicted octanol–water partition coefficient (Wildman–Crippen LogP) is 2.26. The van der Waals surface area contributed by atoms with E-state index in [-0.39, 0.29) is 12.5 Å². The molecule has 0 radical (unpaired) electrons. The monoisotopic (exact) mass is 350 g/mol. The summed E-state index contributed by atoms with van der Waals surface area (Å²) in [4.78, 5) is 28.3. The van der Waals surface area contributed by atoms with Crippen molar-refractivity contribution in [3.8, 4) is 17.0 Å². The molecule has 7 nitrogen and oxygen atoms in total. The SMILES string of the molecule is COc1cccc(-c2cnn(CC(=O)Nc3ccc(C)cc3)c(=O)n2)c1. The van der Waals surface area contributed by atoms with Crippen LogP contribution in [0.15, 0.2) is 59.5 Å². The number of carbonyl (C=O) groups is 1. The Kier molecular flexibility index (Phi) is 5.07. The first-order valence-electron chi connectivity index (χ1n) is 8.00. The average molecular weight is 350 g/mol. The summed E-state index contributed by atoms with van der Waals surface area (Å²) in [5.74, 6) is 0.310. The van der Waals surface area contributed by atoms with E-state index in [1.165, 1.54) is 6.20 Å². The molecule has 0 bridgehead atoms. The first kappa shape index (κ1) is 17.3. The minimum atomic E-state index is -0.593. The van der Waals surface area contributed by atoms with Crippen LogP contribution in [-0.2, 0) is 11.3 Å². The van der Waals surface area contributed by atoms with Gasteiger partial charge in [-0.25, -0.2) is 9.48 Å². The van der Waals surface area contributed by atoms with Gasteiger partial charge in [0.1, 0.15) is 12.3 Å². The van der Waals surface area contributed by atoms with Crippen molar-refractivity contribution in [2.75, 3.05) is 12.4 Å². The van der Waals surface area contributed by atoms with Gasteiger partial charge in [0, 0.05) is 11.3 Å². The van der Waals surface area contributed by atoms with Gasteiger partial charge in [0.15, 0.2) is 0 Å². The van der Waals surface area contributed by atoms with E-state index >= 15 is 0 Å². The molecule has 0 aliphatic rings. The second kappa shape index (κ2) is 7.60. The summed E-state index contributed by atoms with van der Waals surface area (Å²) in [6.07, 6.45) is 1.45. The summed E-state index contributed by atoms with van der Waals surface area (Å²) in [6.45, 7) is 1.75. The second-order valence-electron chi connectivity index (χ2n) is 5.73. The molecule has 1 aromatic heterocycles. The van der Waals surface area contributed by atoms with Gasteiger partial charge in [0.05, 0.1) is 19.0 Å². The maximum Gasteiger partial charge on any atom is 0.365 e. The number of nitrogens with one attached hydrogen (secondary N) is 1. The fraction of sp³-hybridized carbons (Fsp3) is 0.158. The number of carbonyl (C=O) groups excluding carboxylic acids is 1. The lowest BCUT2D eigenvalue weighted by Crippen LogP contribution is -2.31. The zero-order valence-electron chi connectivity index (χ0n) is 14.5. The van der Waals surface area contributed by atoms with Crippen LogP contribution in [0.3, 0.4) is 0 Å². The van der Waals surface area contributed by atoms with Crippen molar-refractivity contribution in [1.82, 2.24) is 14.8 Å². The van der Waals surface area contributed by atoms with Crippen molar-refractivity contribution < 1.29 is 9.53 Å². The largest absolute Gasteiger partial charge is 0.497 e. The Morgan fingerprint density at radius 1 is 1.19 bits per heavy atom. The molecular weight excluding hydrogens is 332 g/mol. The number of ether oxygens (including phenoxy) is 1. The van der Waals surface area contributed by atoms with E-state index in [2.05, 4.69) is 15.4 Å². The molecule has 3 rings (SSSR count). The fourth-order valence-corrected chi connectivity index (χ4v) is 2.37. The zero-order valence-corrected chi connectivity index (χ0v) is 14.5. The fourth-order valence-electron chi connectivity index (χ4n) is 2.37.